The van der Waals surface area contributed by atoms with Crippen molar-refractivity contribution < 1.29 is 9.47 Å². The van der Waals surface area contributed by atoms with E-state index in [1.54, 1.807) is 0 Å². The van der Waals surface area contributed by atoms with Crippen LogP contribution in [-0.2, 0) is 19.6 Å². The second-order valence-corrected chi connectivity index (χ2v) is 9.45. The maximum Gasteiger partial charge on any atom is 0.231 e. The molecule has 0 unspecified atom stereocenters. The van der Waals surface area contributed by atoms with Crippen molar-refractivity contribution in [2.45, 2.75) is 65.1 Å². The minimum atomic E-state index is 0.323. The summed E-state index contributed by atoms with van der Waals surface area (Å²) < 4.78 is 13.6. The van der Waals surface area contributed by atoms with Gasteiger partial charge in [-0.1, -0.05) is 62.6 Å². The van der Waals surface area contributed by atoms with Crippen molar-refractivity contribution >= 4 is 0 Å². The molecular formula is C28H35N3O2. The molecular weight excluding hydrogens is 410 g/mol. The molecule has 5 heteroatoms. The van der Waals surface area contributed by atoms with Gasteiger partial charge in [0.2, 0.25) is 6.79 Å². The number of benzene rings is 2. The highest BCUT2D eigenvalue weighted by Gasteiger charge is 2.22. The van der Waals surface area contributed by atoms with Crippen LogP contribution in [0, 0.1) is 5.92 Å². The van der Waals surface area contributed by atoms with E-state index in [9.17, 15) is 0 Å². The Balaban J connectivity index is 1.40. The minimum Gasteiger partial charge on any atom is -0.454 e. The normalized spacial score (nSPS) is 15.6. The van der Waals surface area contributed by atoms with E-state index in [0.717, 1.165) is 55.8 Å². The molecule has 33 heavy (non-hydrogen) atoms. The molecule has 0 spiro atoms. The average Bonchev–Trinajstić information content (AvgIpc) is 3.59. The first-order valence-electron chi connectivity index (χ1n) is 12.5. The molecule has 1 fully saturated rings. The van der Waals surface area contributed by atoms with Gasteiger partial charge in [0.1, 0.15) is 5.82 Å². The summed E-state index contributed by atoms with van der Waals surface area (Å²) in [4.78, 5) is 7.49. The van der Waals surface area contributed by atoms with Crippen LogP contribution < -0.4 is 9.47 Å². The van der Waals surface area contributed by atoms with Crippen molar-refractivity contribution in [2.24, 2.45) is 5.92 Å². The molecule has 5 nitrogen and oxygen atoms in total. The topological polar surface area (TPSA) is 39.5 Å². The van der Waals surface area contributed by atoms with E-state index in [1.165, 1.54) is 48.9 Å². The minimum absolute atomic E-state index is 0.323. The standard InChI is InChI=1S/C28H35N3O2/c1-2-3-15-31-25(17-29-28(31)24-11-5-4-6-12-24)20-30(18-22-9-7-8-10-22)19-23-13-14-26-27(16-23)33-21-32-26/h4-6,11-14,16-17,22H,2-3,7-10,15,18-21H2,1H3. The molecule has 2 aliphatic rings. The molecule has 1 saturated carbocycles. The summed E-state index contributed by atoms with van der Waals surface area (Å²) in [6.45, 7) is 6.54. The fraction of sp³-hybridized carbons (Fsp3) is 0.464. The third kappa shape index (κ3) is 5.25. The molecule has 1 aliphatic carbocycles. The van der Waals surface area contributed by atoms with Crippen LogP contribution in [0.4, 0.5) is 0 Å². The van der Waals surface area contributed by atoms with E-state index in [2.05, 4.69) is 65.1 Å². The number of aromatic nitrogens is 2. The molecule has 2 heterocycles. The number of hydrogen-bond acceptors (Lipinski definition) is 4. The van der Waals surface area contributed by atoms with Crippen molar-refractivity contribution in [3.63, 3.8) is 0 Å². The number of unbranched alkanes of at least 4 members (excludes halogenated alkanes) is 1. The molecule has 0 radical (unpaired) electrons. The lowest BCUT2D eigenvalue weighted by Crippen LogP contribution is -2.29. The van der Waals surface area contributed by atoms with Gasteiger partial charge in [-0.2, -0.15) is 0 Å². The van der Waals surface area contributed by atoms with E-state index < -0.39 is 0 Å². The van der Waals surface area contributed by atoms with Gasteiger partial charge >= 0.3 is 0 Å². The Morgan fingerprint density at radius 3 is 2.64 bits per heavy atom. The molecule has 0 amide bonds. The number of fused-ring (bicyclic) bond motifs is 1. The van der Waals surface area contributed by atoms with Crippen molar-refractivity contribution in [1.29, 1.82) is 0 Å². The molecule has 0 N–H and O–H groups in total. The fourth-order valence-corrected chi connectivity index (χ4v) is 5.19. The Hall–Kier alpha value is -2.79. The van der Waals surface area contributed by atoms with Gasteiger partial charge in [0, 0.05) is 31.7 Å². The number of hydrogen-bond donors (Lipinski definition) is 0. The fourth-order valence-electron chi connectivity index (χ4n) is 5.19. The largest absolute Gasteiger partial charge is 0.454 e. The van der Waals surface area contributed by atoms with E-state index in [4.69, 9.17) is 14.5 Å². The van der Waals surface area contributed by atoms with Gasteiger partial charge in [0.05, 0.1) is 11.9 Å². The van der Waals surface area contributed by atoms with Gasteiger partial charge < -0.3 is 14.0 Å². The Kier molecular flexibility index (Phi) is 6.96. The van der Waals surface area contributed by atoms with E-state index in [0.29, 0.717) is 6.79 Å². The predicted molar refractivity (Wildman–Crippen MR) is 131 cm³/mol. The number of ether oxygens (including phenoxy) is 2. The first-order chi connectivity index (χ1) is 16.3. The van der Waals surface area contributed by atoms with Crippen molar-refractivity contribution in [3.05, 3.63) is 66.0 Å². The molecule has 2 aromatic carbocycles. The highest BCUT2D eigenvalue weighted by Crippen LogP contribution is 2.34. The monoisotopic (exact) mass is 445 g/mol. The lowest BCUT2D eigenvalue weighted by atomic mass is 10.1. The van der Waals surface area contributed by atoms with Gasteiger partial charge in [0.25, 0.3) is 0 Å². The quantitative estimate of drug-likeness (QED) is 0.369. The summed E-state index contributed by atoms with van der Waals surface area (Å²) in [7, 11) is 0. The van der Waals surface area contributed by atoms with E-state index in [-0.39, 0.29) is 0 Å². The van der Waals surface area contributed by atoms with Crippen molar-refractivity contribution in [1.82, 2.24) is 14.5 Å². The number of nitrogens with zero attached hydrogens (tertiary/aromatic N) is 3. The second kappa shape index (κ2) is 10.4. The van der Waals surface area contributed by atoms with Crippen molar-refractivity contribution in [3.8, 4) is 22.9 Å². The number of imidazole rings is 1. The summed E-state index contributed by atoms with van der Waals surface area (Å²) >= 11 is 0. The Labute approximate surface area is 197 Å². The van der Waals surface area contributed by atoms with E-state index in [1.807, 2.05) is 6.07 Å². The molecule has 1 aliphatic heterocycles. The molecule has 174 valence electrons. The zero-order valence-electron chi connectivity index (χ0n) is 19.7. The Morgan fingerprint density at radius 1 is 1.00 bits per heavy atom. The van der Waals surface area contributed by atoms with Crippen LogP contribution in [-0.4, -0.2) is 27.8 Å². The summed E-state index contributed by atoms with van der Waals surface area (Å²) in [6.07, 6.45) is 9.87. The van der Waals surface area contributed by atoms with Crippen LogP contribution in [0.25, 0.3) is 11.4 Å². The predicted octanol–water partition coefficient (Wildman–Crippen LogP) is 6.27. The maximum atomic E-state index is 5.63. The summed E-state index contributed by atoms with van der Waals surface area (Å²) in [5.74, 6) is 3.60. The van der Waals surface area contributed by atoms with Crippen LogP contribution in [0.3, 0.4) is 0 Å². The molecule has 5 rings (SSSR count). The van der Waals surface area contributed by atoms with Crippen LogP contribution in [0.1, 0.15) is 56.7 Å². The average molecular weight is 446 g/mol. The maximum absolute atomic E-state index is 5.63. The van der Waals surface area contributed by atoms with Crippen LogP contribution >= 0.6 is 0 Å². The second-order valence-electron chi connectivity index (χ2n) is 9.45. The first kappa shape index (κ1) is 22.0. The highest BCUT2D eigenvalue weighted by molar-refractivity contribution is 5.55. The first-order valence-corrected chi connectivity index (χ1v) is 12.5. The lowest BCUT2D eigenvalue weighted by Gasteiger charge is -2.26. The molecule has 0 saturated heterocycles. The highest BCUT2D eigenvalue weighted by atomic mass is 16.7. The van der Waals surface area contributed by atoms with Crippen LogP contribution in [0.2, 0.25) is 0 Å². The van der Waals surface area contributed by atoms with Crippen LogP contribution in [0.15, 0.2) is 54.7 Å². The van der Waals surface area contributed by atoms with Gasteiger partial charge in [-0.05, 0) is 42.9 Å². The third-order valence-electron chi connectivity index (χ3n) is 6.93. The summed E-state index contributed by atoms with van der Waals surface area (Å²) in [6, 6.07) is 17.0. The zero-order valence-corrected chi connectivity index (χ0v) is 19.7. The Morgan fingerprint density at radius 2 is 1.82 bits per heavy atom. The smallest absolute Gasteiger partial charge is 0.231 e. The molecule has 1 aromatic heterocycles. The van der Waals surface area contributed by atoms with Crippen molar-refractivity contribution in [2.75, 3.05) is 13.3 Å². The summed E-state index contributed by atoms with van der Waals surface area (Å²) in [5.41, 5.74) is 3.78. The van der Waals surface area contributed by atoms with Gasteiger partial charge in [-0.25, -0.2) is 4.98 Å². The van der Waals surface area contributed by atoms with Gasteiger partial charge in [-0.3, -0.25) is 4.90 Å². The molecule has 0 bridgehead atoms. The SMILES string of the molecule is CCCCn1c(CN(Cc2ccc3c(c2)OCO3)CC2CCCC2)cnc1-c1ccccc1. The van der Waals surface area contributed by atoms with E-state index >= 15 is 0 Å². The molecule has 3 aromatic rings. The number of rotatable bonds is 10. The van der Waals surface area contributed by atoms with Gasteiger partial charge in [0.15, 0.2) is 11.5 Å². The lowest BCUT2D eigenvalue weighted by molar-refractivity contribution is 0.173. The molecule has 0 atom stereocenters. The van der Waals surface area contributed by atoms with Crippen LogP contribution in [0.5, 0.6) is 11.5 Å². The Bertz CT molecular complexity index is 1040. The van der Waals surface area contributed by atoms with Gasteiger partial charge in [-0.15, -0.1) is 0 Å². The summed E-state index contributed by atoms with van der Waals surface area (Å²) in [5, 5.41) is 0. The zero-order chi connectivity index (χ0) is 22.5. The third-order valence-corrected chi connectivity index (χ3v) is 6.93.